The van der Waals surface area contributed by atoms with Crippen molar-refractivity contribution in [1.29, 1.82) is 0 Å². The zero-order valence-corrected chi connectivity index (χ0v) is 33.5. The molecule has 0 amide bonds. The first-order valence-corrected chi connectivity index (χ1v) is 21.1. The van der Waals surface area contributed by atoms with Gasteiger partial charge in [-0.15, -0.1) is 0 Å². The van der Waals surface area contributed by atoms with Crippen LogP contribution in [0.15, 0.2) is 243 Å². The largest absolute Gasteiger partial charge is 0.310 e. The maximum atomic E-state index is 2.44. The molecule has 0 radical (unpaired) electrons. The number of hydrogen-bond donors (Lipinski definition) is 0. The Labute approximate surface area is 355 Å². The Hall–Kier alpha value is -7.94. The minimum Gasteiger partial charge on any atom is -0.310 e. The fourth-order valence-electron chi connectivity index (χ4n) is 10.2. The summed E-state index contributed by atoms with van der Waals surface area (Å²) in [5, 5.41) is 5.05. The van der Waals surface area contributed by atoms with E-state index in [0.29, 0.717) is 0 Å². The van der Waals surface area contributed by atoms with Gasteiger partial charge in [-0.05, 0) is 122 Å². The highest BCUT2D eigenvalue weighted by Gasteiger charge is 2.46. The first kappa shape index (κ1) is 35.0. The summed E-state index contributed by atoms with van der Waals surface area (Å²) in [6.45, 7) is 0. The van der Waals surface area contributed by atoms with Gasteiger partial charge in [0.05, 0.1) is 16.4 Å². The maximum absolute atomic E-state index is 2.44. The van der Waals surface area contributed by atoms with Crippen molar-refractivity contribution < 1.29 is 0 Å². The summed E-state index contributed by atoms with van der Waals surface area (Å²) in [5.41, 5.74) is 16.5. The van der Waals surface area contributed by atoms with Gasteiger partial charge in [0.2, 0.25) is 0 Å². The Morgan fingerprint density at radius 2 is 0.902 bits per heavy atom. The predicted molar refractivity (Wildman–Crippen MR) is 256 cm³/mol. The monoisotopic (exact) mass is 776 g/mol. The molecular formula is C59H40N2. The quantitative estimate of drug-likeness (QED) is 0.156. The summed E-state index contributed by atoms with van der Waals surface area (Å²) < 4.78 is 2.40. The maximum Gasteiger partial charge on any atom is 0.0714 e. The zero-order chi connectivity index (χ0) is 40.3. The number of anilines is 3. The van der Waals surface area contributed by atoms with Gasteiger partial charge in [0.1, 0.15) is 0 Å². The fraction of sp³-hybridized carbons (Fsp3) is 0.0169. The van der Waals surface area contributed by atoms with Crippen molar-refractivity contribution in [2.45, 2.75) is 5.41 Å². The molecule has 0 saturated heterocycles. The van der Waals surface area contributed by atoms with Crippen LogP contribution in [0.1, 0.15) is 22.3 Å². The van der Waals surface area contributed by atoms with Crippen molar-refractivity contribution in [3.05, 3.63) is 265 Å². The van der Waals surface area contributed by atoms with Crippen LogP contribution in [0.2, 0.25) is 0 Å². The molecule has 0 spiro atoms. The molecule has 61 heavy (non-hydrogen) atoms. The van der Waals surface area contributed by atoms with Gasteiger partial charge in [0.15, 0.2) is 0 Å². The molecule has 0 saturated carbocycles. The number of nitrogens with zero attached hydrogens (tertiary/aromatic N) is 2. The molecule has 1 aliphatic rings. The Balaban J connectivity index is 1.01. The van der Waals surface area contributed by atoms with Crippen molar-refractivity contribution in [3.8, 4) is 27.9 Å². The Kier molecular flexibility index (Phi) is 8.11. The van der Waals surface area contributed by atoms with Gasteiger partial charge in [0.25, 0.3) is 0 Å². The topological polar surface area (TPSA) is 8.17 Å². The summed E-state index contributed by atoms with van der Waals surface area (Å²) in [6, 6.07) is 88.9. The third kappa shape index (κ3) is 5.43. The van der Waals surface area contributed by atoms with E-state index in [1.54, 1.807) is 0 Å². The number of fused-ring (bicyclic) bond motifs is 8. The van der Waals surface area contributed by atoms with Crippen LogP contribution < -0.4 is 4.90 Å². The lowest BCUT2D eigenvalue weighted by Gasteiger charge is -2.35. The van der Waals surface area contributed by atoms with E-state index in [1.165, 1.54) is 77.1 Å². The molecule has 0 unspecified atom stereocenters. The van der Waals surface area contributed by atoms with Crippen LogP contribution in [-0.2, 0) is 5.41 Å². The highest BCUT2D eigenvalue weighted by atomic mass is 15.1. The van der Waals surface area contributed by atoms with Crippen LogP contribution in [0.5, 0.6) is 0 Å². The van der Waals surface area contributed by atoms with E-state index >= 15 is 0 Å². The van der Waals surface area contributed by atoms with Crippen molar-refractivity contribution >= 4 is 49.6 Å². The van der Waals surface area contributed by atoms with Crippen molar-refractivity contribution in [2.75, 3.05) is 4.90 Å². The molecule has 12 rings (SSSR count). The molecule has 1 aliphatic carbocycles. The predicted octanol–water partition coefficient (Wildman–Crippen LogP) is 15.4. The summed E-state index contributed by atoms with van der Waals surface area (Å²) >= 11 is 0. The van der Waals surface area contributed by atoms with E-state index in [2.05, 4.69) is 252 Å². The lowest BCUT2D eigenvalue weighted by atomic mass is 9.67. The Morgan fingerprint density at radius 1 is 0.344 bits per heavy atom. The average molecular weight is 777 g/mol. The highest BCUT2D eigenvalue weighted by molar-refractivity contribution is 6.22. The molecule has 1 heterocycles. The molecule has 0 aliphatic heterocycles. The van der Waals surface area contributed by atoms with E-state index in [1.807, 2.05) is 0 Å². The smallest absolute Gasteiger partial charge is 0.0714 e. The van der Waals surface area contributed by atoms with E-state index in [0.717, 1.165) is 22.7 Å². The summed E-state index contributed by atoms with van der Waals surface area (Å²) in [6.07, 6.45) is 0. The molecule has 0 atom stereocenters. The zero-order valence-electron chi connectivity index (χ0n) is 33.5. The highest BCUT2D eigenvalue weighted by Crippen LogP contribution is 2.57. The lowest BCUT2D eigenvalue weighted by molar-refractivity contribution is 0.768. The molecule has 0 bridgehead atoms. The van der Waals surface area contributed by atoms with Crippen LogP contribution in [-0.4, -0.2) is 4.57 Å². The van der Waals surface area contributed by atoms with Gasteiger partial charge in [-0.25, -0.2) is 0 Å². The standard InChI is InChI=1S/C59H40N2/c1-5-18-44(19-6-1)59(45-20-7-2-8-21-45)54-28-16-15-27-51(54)52-36-35-49(40-55(52)59)60(46-22-9-3-10-23-46)48-33-29-41(30-34-48)43-32-37-56-53(39-43)58-50-26-14-13-17-42(50)31-38-57(58)61(56)47-24-11-4-12-25-47/h1-40H. The van der Waals surface area contributed by atoms with E-state index < -0.39 is 5.41 Å². The SMILES string of the molecule is c1ccc(N(c2ccc(-c3ccc4c(c3)c3c5ccccc5ccc3n4-c3ccccc3)cc2)c2ccc3c(c2)C(c2ccccc2)(c2ccccc2)c2ccccc2-3)cc1. The average Bonchev–Trinajstić information content (AvgIpc) is 3.83. The van der Waals surface area contributed by atoms with Crippen LogP contribution in [0.4, 0.5) is 17.1 Å². The number of aromatic nitrogens is 1. The summed E-state index contributed by atoms with van der Waals surface area (Å²) in [5.74, 6) is 0. The molecule has 1 aromatic heterocycles. The van der Waals surface area contributed by atoms with Crippen LogP contribution in [0.3, 0.4) is 0 Å². The van der Waals surface area contributed by atoms with Crippen LogP contribution in [0, 0.1) is 0 Å². The molecule has 11 aromatic rings. The van der Waals surface area contributed by atoms with E-state index in [4.69, 9.17) is 0 Å². The van der Waals surface area contributed by atoms with Gasteiger partial charge in [-0.1, -0.05) is 176 Å². The fourth-order valence-corrected chi connectivity index (χ4v) is 10.2. The van der Waals surface area contributed by atoms with E-state index in [9.17, 15) is 0 Å². The minimum absolute atomic E-state index is 0.482. The molecule has 2 nitrogen and oxygen atoms in total. The first-order valence-electron chi connectivity index (χ1n) is 21.1. The van der Waals surface area contributed by atoms with E-state index in [-0.39, 0.29) is 0 Å². The molecule has 0 N–H and O–H groups in total. The third-order valence-corrected chi connectivity index (χ3v) is 12.8. The number of benzene rings is 10. The second kappa shape index (κ2) is 14.1. The Bertz CT molecular complexity index is 3350. The normalized spacial score (nSPS) is 12.7. The molecule has 286 valence electrons. The van der Waals surface area contributed by atoms with Gasteiger partial charge in [-0.2, -0.15) is 0 Å². The molecule has 0 fully saturated rings. The van der Waals surface area contributed by atoms with Crippen LogP contribution >= 0.6 is 0 Å². The van der Waals surface area contributed by atoms with Crippen molar-refractivity contribution in [1.82, 2.24) is 4.57 Å². The second-order valence-electron chi connectivity index (χ2n) is 16.1. The molecular weight excluding hydrogens is 737 g/mol. The van der Waals surface area contributed by atoms with Gasteiger partial charge in [0, 0.05) is 33.5 Å². The summed E-state index contributed by atoms with van der Waals surface area (Å²) in [4.78, 5) is 2.40. The second-order valence-corrected chi connectivity index (χ2v) is 16.1. The van der Waals surface area contributed by atoms with Gasteiger partial charge >= 0.3 is 0 Å². The number of rotatable bonds is 7. The molecule has 10 aromatic carbocycles. The summed E-state index contributed by atoms with van der Waals surface area (Å²) in [7, 11) is 0. The lowest BCUT2D eigenvalue weighted by Crippen LogP contribution is -2.28. The minimum atomic E-state index is -0.482. The van der Waals surface area contributed by atoms with Gasteiger partial charge in [-0.3, -0.25) is 0 Å². The van der Waals surface area contributed by atoms with Crippen LogP contribution in [0.25, 0.3) is 60.5 Å². The van der Waals surface area contributed by atoms with Crippen molar-refractivity contribution in [2.24, 2.45) is 0 Å². The first-order chi connectivity index (χ1) is 30.3. The van der Waals surface area contributed by atoms with Gasteiger partial charge < -0.3 is 9.47 Å². The molecule has 2 heteroatoms. The number of para-hydroxylation sites is 2. The van der Waals surface area contributed by atoms with Crippen molar-refractivity contribution in [3.63, 3.8) is 0 Å². The third-order valence-electron chi connectivity index (χ3n) is 12.8. The number of hydrogen-bond acceptors (Lipinski definition) is 1. The Morgan fingerprint density at radius 3 is 1.64 bits per heavy atom.